The second-order valence-electron chi connectivity index (χ2n) is 7.29. The van der Waals surface area contributed by atoms with Crippen LogP contribution in [0.4, 0.5) is 4.39 Å². The van der Waals surface area contributed by atoms with Gasteiger partial charge in [0.05, 0.1) is 11.6 Å². The van der Waals surface area contributed by atoms with Crippen molar-refractivity contribution in [2.45, 2.75) is 37.7 Å². The van der Waals surface area contributed by atoms with Gasteiger partial charge in [-0.3, -0.25) is 0 Å². The maximum atomic E-state index is 14.0. The molecule has 1 heterocycles. The van der Waals surface area contributed by atoms with E-state index in [0.29, 0.717) is 5.56 Å². The largest absolute Gasteiger partial charge is 0.478 e. The standard InChI is InChI=1S/C20H21FN2O5S/c1-12(15-9-4-5-10-16(15)21)22-19-23-29(26,27)17(20(2,3)28-19)13-7-6-8-14(11-13)18(24)25/h4-12,17H,1-3H3,(H,22,23)(H,24,25). The average molecular weight is 420 g/mol. The van der Waals surface area contributed by atoms with Crippen molar-refractivity contribution < 1.29 is 27.4 Å². The van der Waals surface area contributed by atoms with Crippen molar-refractivity contribution in [3.63, 3.8) is 0 Å². The number of carboxylic acids is 1. The van der Waals surface area contributed by atoms with Gasteiger partial charge in [-0.25, -0.2) is 27.3 Å². The molecule has 1 saturated heterocycles. The molecule has 29 heavy (non-hydrogen) atoms. The molecule has 2 unspecified atom stereocenters. The lowest BCUT2D eigenvalue weighted by atomic mass is 9.96. The zero-order chi connectivity index (χ0) is 21.4. The van der Waals surface area contributed by atoms with Crippen molar-refractivity contribution >= 4 is 22.0 Å². The topological polar surface area (TPSA) is 105 Å². The zero-order valence-electron chi connectivity index (χ0n) is 16.1. The third kappa shape index (κ3) is 4.24. The molecule has 3 rings (SSSR count). The van der Waals surface area contributed by atoms with Crippen LogP contribution in [0.2, 0.25) is 0 Å². The summed E-state index contributed by atoms with van der Waals surface area (Å²) >= 11 is 0. The van der Waals surface area contributed by atoms with Crippen LogP contribution in [0.15, 0.2) is 53.5 Å². The van der Waals surface area contributed by atoms with E-state index in [1.807, 2.05) is 0 Å². The summed E-state index contributed by atoms with van der Waals surface area (Å²) in [4.78, 5) is 15.5. The number of halogens is 1. The number of aliphatic imine (C=N–C) groups is 1. The summed E-state index contributed by atoms with van der Waals surface area (Å²) in [5.41, 5.74) is -0.698. The van der Waals surface area contributed by atoms with Crippen LogP contribution in [-0.4, -0.2) is 31.1 Å². The van der Waals surface area contributed by atoms with Crippen molar-refractivity contribution in [2.24, 2.45) is 4.99 Å². The Morgan fingerprint density at radius 3 is 2.55 bits per heavy atom. The van der Waals surface area contributed by atoms with Gasteiger partial charge in [-0.05, 0) is 44.5 Å². The van der Waals surface area contributed by atoms with Gasteiger partial charge < -0.3 is 9.84 Å². The van der Waals surface area contributed by atoms with Crippen molar-refractivity contribution in [3.05, 3.63) is 71.0 Å². The van der Waals surface area contributed by atoms with Gasteiger partial charge in [-0.2, -0.15) is 0 Å². The van der Waals surface area contributed by atoms with E-state index in [2.05, 4.69) is 9.71 Å². The molecule has 9 heteroatoms. The van der Waals surface area contributed by atoms with Gasteiger partial charge in [-0.15, -0.1) is 0 Å². The fourth-order valence-electron chi connectivity index (χ4n) is 3.41. The Morgan fingerprint density at radius 1 is 1.24 bits per heavy atom. The third-order valence-corrected chi connectivity index (χ3v) is 6.55. The average Bonchev–Trinajstić information content (AvgIpc) is 2.60. The minimum Gasteiger partial charge on any atom is -0.478 e. The highest BCUT2D eigenvalue weighted by Gasteiger charge is 2.48. The summed E-state index contributed by atoms with van der Waals surface area (Å²) in [6.45, 7) is 4.78. The molecule has 0 aromatic heterocycles. The molecule has 0 spiro atoms. The molecule has 7 nitrogen and oxygen atoms in total. The fraction of sp³-hybridized carbons (Fsp3) is 0.300. The van der Waals surface area contributed by atoms with Gasteiger partial charge >= 0.3 is 5.97 Å². The van der Waals surface area contributed by atoms with Crippen LogP contribution in [0, 0.1) is 5.82 Å². The summed E-state index contributed by atoms with van der Waals surface area (Å²) < 4.78 is 48.0. The lowest BCUT2D eigenvalue weighted by molar-refractivity contribution is 0.0690. The number of ether oxygens (including phenoxy) is 1. The Morgan fingerprint density at radius 2 is 1.93 bits per heavy atom. The summed E-state index contributed by atoms with van der Waals surface area (Å²) in [5.74, 6) is -1.61. The maximum absolute atomic E-state index is 14.0. The van der Waals surface area contributed by atoms with Crippen LogP contribution >= 0.6 is 0 Å². The molecule has 2 aromatic carbocycles. The number of hydrogen-bond acceptors (Lipinski definition) is 5. The molecule has 0 amide bonds. The predicted octanol–water partition coefficient (Wildman–Crippen LogP) is 3.41. The lowest BCUT2D eigenvalue weighted by Crippen LogP contribution is -2.53. The number of benzene rings is 2. The first-order valence-electron chi connectivity index (χ1n) is 8.87. The van der Waals surface area contributed by atoms with E-state index in [1.54, 1.807) is 39.0 Å². The Labute approximate surface area is 168 Å². The number of nitrogens with zero attached hydrogens (tertiary/aromatic N) is 1. The van der Waals surface area contributed by atoms with Crippen LogP contribution in [-0.2, 0) is 14.8 Å². The van der Waals surface area contributed by atoms with Crippen LogP contribution in [0.5, 0.6) is 0 Å². The maximum Gasteiger partial charge on any atom is 0.335 e. The molecule has 2 aromatic rings. The van der Waals surface area contributed by atoms with Gasteiger partial charge in [0.2, 0.25) is 10.0 Å². The van der Waals surface area contributed by atoms with Crippen LogP contribution in [0.3, 0.4) is 0 Å². The number of aromatic carboxylic acids is 1. The van der Waals surface area contributed by atoms with Crippen LogP contribution < -0.4 is 4.72 Å². The summed E-state index contributed by atoms with van der Waals surface area (Å²) in [7, 11) is -4.01. The molecule has 0 radical (unpaired) electrons. The summed E-state index contributed by atoms with van der Waals surface area (Å²) in [5, 5.41) is 8.02. The number of carboxylic acid groups (broad SMARTS) is 1. The molecule has 0 bridgehead atoms. The second kappa shape index (κ2) is 7.47. The number of nitrogens with one attached hydrogen (secondary N) is 1. The molecular weight excluding hydrogens is 399 g/mol. The highest BCUT2D eigenvalue weighted by atomic mass is 32.2. The molecule has 2 atom stereocenters. The molecule has 1 aliphatic heterocycles. The Hall–Kier alpha value is -2.94. The molecule has 1 aliphatic rings. The minimum atomic E-state index is -4.01. The Bertz CT molecular complexity index is 1080. The highest BCUT2D eigenvalue weighted by Crippen LogP contribution is 2.39. The van der Waals surface area contributed by atoms with Gasteiger partial charge in [0, 0.05) is 5.56 Å². The van der Waals surface area contributed by atoms with E-state index in [4.69, 9.17) is 4.74 Å². The zero-order valence-corrected chi connectivity index (χ0v) is 16.9. The van der Waals surface area contributed by atoms with Crippen molar-refractivity contribution in [3.8, 4) is 0 Å². The molecule has 2 N–H and O–H groups in total. The highest BCUT2D eigenvalue weighted by molar-refractivity contribution is 7.90. The van der Waals surface area contributed by atoms with E-state index in [-0.39, 0.29) is 17.1 Å². The van der Waals surface area contributed by atoms with Gasteiger partial charge in [-0.1, -0.05) is 30.3 Å². The van der Waals surface area contributed by atoms with Gasteiger partial charge in [0.25, 0.3) is 6.02 Å². The predicted molar refractivity (Wildman–Crippen MR) is 106 cm³/mol. The van der Waals surface area contributed by atoms with Crippen LogP contribution in [0.1, 0.15) is 53.5 Å². The van der Waals surface area contributed by atoms with Crippen LogP contribution in [0.25, 0.3) is 0 Å². The Kier molecular flexibility index (Phi) is 5.36. The first-order chi connectivity index (χ1) is 13.5. The van der Waals surface area contributed by atoms with Crippen molar-refractivity contribution in [2.75, 3.05) is 0 Å². The summed E-state index contributed by atoms with van der Waals surface area (Å²) in [6.07, 6.45) is 0. The van der Waals surface area contributed by atoms with E-state index >= 15 is 0 Å². The summed E-state index contributed by atoms with van der Waals surface area (Å²) in [6, 6.07) is 10.9. The molecule has 0 saturated carbocycles. The van der Waals surface area contributed by atoms with Crippen molar-refractivity contribution in [1.29, 1.82) is 0 Å². The van der Waals surface area contributed by atoms with Gasteiger partial charge in [0.15, 0.2) is 0 Å². The number of sulfonamides is 1. The number of amidine groups is 1. The van der Waals surface area contributed by atoms with Gasteiger partial charge in [0.1, 0.15) is 16.7 Å². The minimum absolute atomic E-state index is 0.0267. The first kappa shape index (κ1) is 20.8. The number of carbonyl (C=O) groups is 1. The smallest absolute Gasteiger partial charge is 0.335 e. The lowest BCUT2D eigenvalue weighted by Gasteiger charge is -2.39. The first-order valence-corrected chi connectivity index (χ1v) is 10.4. The Balaban J connectivity index is 1.96. The van der Waals surface area contributed by atoms with Crippen molar-refractivity contribution in [1.82, 2.24) is 4.72 Å². The van der Waals surface area contributed by atoms with E-state index < -0.39 is 38.7 Å². The number of rotatable bonds is 4. The quantitative estimate of drug-likeness (QED) is 0.789. The third-order valence-electron chi connectivity index (χ3n) is 4.63. The monoisotopic (exact) mass is 420 g/mol. The van der Waals surface area contributed by atoms with E-state index in [1.165, 1.54) is 30.3 Å². The normalized spacial score (nSPS) is 22.3. The van der Waals surface area contributed by atoms with E-state index in [0.717, 1.165) is 0 Å². The van der Waals surface area contributed by atoms with E-state index in [9.17, 15) is 22.7 Å². The molecule has 0 aliphatic carbocycles. The molecule has 154 valence electrons. The molecular formula is C20H21FN2O5S. The fourth-order valence-corrected chi connectivity index (χ4v) is 5.16. The number of hydrogen-bond donors (Lipinski definition) is 2. The SMILES string of the molecule is CC(N=C1NS(=O)(=O)C(c2cccc(C(=O)O)c2)C(C)(C)O1)c1ccccc1F. The second-order valence-corrected chi connectivity index (χ2v) is 9.06. The molecule has 1 fully saturated rings.